The molecule has 15 heavy (non-hydrogen) atoms. The fourth-order valence-corrected chi connectivity index (χ4v) is 1.46. The number of aromatic nitrogens is 2. The van der Waals surface area contributed by atoms with Gasteiger partial charge in [0.15, 0.2) is 5.78 Å². The molecule has 2 heterocycles. The maximum atomic E-state index is 11.4. The number of nitrogens with zero attached hydrogens (tertiary/aromatic N) is 3. The second kappa shape index (κ2) is 3.30. The van der Waals surface area contributed by atoms with Crippen LogP contribution in [0.4, 0.5) is 11.8 Å². The molecule has 1 aliphatic heterocycles. The van der Waals surface area contributed by atoms with E-state index in [-0.39, 0.29) is 30.6 Å². The second-order valence-electron chi connectivity index (χ2n) is 3.43. The van der Waals surface area contributed by atoms with Gasteiger partial charge in [0.2, 0.25) is 11.9 Å². The van der Waals surface area contributed by atoms with Gasteiger partial charge in [0.05, 0.1) is 13.0 Å². The molecule has 0 atom stereocenters. The molecular formula is C9H10N4O2. The van der Waals surface area contributed by atoms with Crippen molar-refractivity contribution in [2.24, 2.45) is 0 Å². The molecule has 0 bridgehead atoms. The quantitative estimate of drug-likeness (QED) is 0.635. The van der Waals surface area contributed by atoms with Crippen molar-refractivity contribution in [2.45, 2.75) is 13.3 Å². The first kappa shape index (κ1) is 9.57. The van der Waals surface area contributed by atoms with Crippen molar-refractivity contribution in [1.82, 2.24) is 9.97 Å². The molecule has 6 heteroatoms. The SMILES string of the molecule is Cc1cc(N)nc(N2CC(=O)CC2=O)n1. The first-order valence-corrected chi connectivity index (χ1v) is 4.49. The standard InChI is InChI=1S/C9H10N4O2/c1-5-2-7(10)12-9(11-5)13-4-6(14)3-8(13)15/h2H,3-4H2,1H3,(H2,10,11,12). The van der Waals surface area contributed by atoms with Gasteiger partial charge in [0, 0.05) is 11.8 Å². The van der Waals surface area contributed by atoms with Crippen molar-refractivity contribution in [3.8, 4) is 0 Å². The van der Waals surface area contributed by atoms with Crippen LogP contribution in [0.2, 0.25) is 0 Å². The molecule has 6 nitrogen and oxygen atoms in total. The van der Waals surface area contributed by atoms with Crippen molar-refractivity contribution >= 4 is 23.5 Å². The maximum Gasteiger partial charge on any atom is 0.237 e. The van der Waals surface area contributed by atoms with Crippen molar-refractivity contribution in [2.75, 3.05) is 17.2 Å². The monoisotopic (exact) mass is 206 g/mol. The Morgan fingerprint density at radius 2 is 2.13 bits per heavy atom. The third-order valence-electron chi connectivity index (χ3n) is 2.09. The van der Waals surface area contributed by atoms with Crippen LogP contribution in [-0.2, 0) is 9.59 Å². The summed E-state index contributed by atoms with van der Waals surface area (Å²) in [5, 5.41) is 0. The zero-order valence-electron chi connectivity index (χ0n) is 8.23. The highest BCUT2D eigenvalue weighted by atomic mass is 16.2. The van der Waals surface area contributed by atoms with Gasteiger partial charge in [0.25, 0.3) is 0 Å². The summed E-state index contributed by atoms with van der Waals surface area (Å²) < 4.78 is 0. The van der Waals surface area contributed by atoms with Gasteiger partial charge in [-0.3, -0.25) is 14.5 Å². The van der Waals surface area contributed by atoms with Crippen LogP contribution >= 0.6 is 0 Å². The molecule has 78 valence electrons. The molecule has 0 unspecified atom stereocenters. The summed E-state index contributed by atoms with van der Waals surface area (Å²) in [6.07, 6.45) is -0.0722. The van der Waals surface area contributed by atoms with E-state index in [1.807, 2.05) is 0 Å². The summed E-state index contributed by atoms with van der Waals surface area (Å²) >= 11 is 0. The van der Waals surface area contributed by atoms with Crippen LogP contribution < -0.4 is 10.6 Å². The van der Waals surface area contributed by atoms with Gasteiger partial charge in [-0.05, 0) is 6.92 Å². The van der Waals surface area contributed by atoms with Crippen LogP contribution in [0.25, 0.3) is 0 Å². The number of ketones is 1. The lowest BCUT2D eigenvalue weighted by molar-refractivity contribution is -0.121. The van der Waals surface area contributed by atoms with Gasteiger partial charge in [-0.25, -0.2) is 4.98 Å². The minimum absolute atomic E-state index is 0.0434. The first-order valence-electron chi connectivity index (χ1n) is 4.49. The third kappa shape index (κ3) is 1.78. The summed E-state index contributed by atoms with van der Waals surface area (Å²) in [6.45, 7) is 1.80. The number of nitrogen functional groups attached to an aromatic ring is 1. The Labute approximate surface area is 86.1 Å². The van der Waals surface area contributed by atoms with Crippen molar-refractivity contribution in [1.29, 1.82) is 0 Å². The van der Waals surface area contributed by atoms with Gasteiger partial charge >= 0.3 is 0 Å². The molecule has 1 aliphatic rings. The number of rotatable bonds is 1. The Kier molecular flexibility index (Phi) is 2.11. The largest absolute Gasteiger partial charge is 0.384 e. The van der Waals surface area contributed by atoms with Gasteiger partial charge in [-0.2, -0.15) is 4.98 Å². The minimum atomic E-state index is -0.273. The van der Waals surface area contributed by atoms with E-state index in [1.165, 1.54) is 4.90 Å². The average molecular weight is 206 g/mol. The van der Waals surface area contributed by atoms with E-state index in [0.29, 0.717) is 11.5 Å². The van der Waals surface area contributed by atoms with E-state index in [2.05, 4.69) is 9.97 Å². The number of aryl methyl sites for hydroxylation is 1. The van der Waals surface area contributed by atoms with Crippen LogP contribution in [0.3, 0.4) is 0 Å². The highest BCUT2D eigenvalue weighted by molar-refractivity contribution is 6.14. The van der Waals surface area contributed by atoms with Crippen LogP contribution in [0.5, 0.6) is 0 Å². The normalized spacial score (nSPS) is 16.2. The van der Waals surface area contributed by atoms with Gasteiger partial charge in [0.1, 0.15) is 5.82 Å². The molecule has 0 aliphatic carbocycles. The number of nitrogens with two attached hydrogens (primary N) is 1. The minimum Gasteiger partial charge on any atom is -0.384 e. The van der Waals surface area contributed by atoms with E-state index < -0.39 is 0 Å². The molecule has 0 radical (unpaired) electrons. The van der Waals surface area contributed by atoms with Crippen LogP contribution in [-0.4, -0.2) is 28.2 Å². The van der Waals surface area contributed by atoms with Crippen LogP contribution in [0.1, 0.15) is 12.1 Å². The Balaban J connectivity index is 2.37. The predicted octanol–water partition coefficient (Wildman–Crippen LogP) is -0.327. The topological polar surface area (TPSA) is 89.2 Å². The van der Waals surface area contributed by atoms with Gasteiger partial charge < -0.3 is 5.73 Å². The van der Waals surface area contributed by atoms with E-state index in [0.717, 1.165) is 0 Å². The Morgan fingerprint density at radius 1 is 1.40 bits per heavy atom. The number of hydrogen-bond acceptors (Lipinski definition) is 5. The van der Waals surface area contributed by atoms with Crippen molar-refractivity contribution in [3.63, 3.8) is 0 Å². The van der Waals surface area contributed by atoms with E-state index in [1.54, 1.807) is 13.0 Å². The molecule has 0 spiro atoms. The zero-order chi connectivity index (χ0) is 11.0. The third-order valence-corrected chi connectivity index (χ3v) is 2.09. The maximum absolute atomic E-state index is 11.4. The summed E-state index contributed by atoms with van der Waals surface area (Å²) in [5.41, 5.74) is 6.20. The molecule has 1 amide bonds. The highest BCUT2D eigenvalue weighted by Crippen LogP contribution is 2.16. The molecule has 2 N–H and O–H groups in total. The van der Waals surface area contributed by atoms with Crippen LogP contribution in [0, 0.1) is 6.92 Å². The van der Waals surface area contributed by atoms with Crippen LogP contribution in [0.15, 0.2) is 6.07 Å². The van der Waals surface area contributed by atoms with E-state index >= 15 is 0 Å². The van der Waals surface area contributed by atoms with Crippen molar-refractivity contribution < 1.29 is 9.59 Å². The molecule has 0 aromatic carbocycles. The molecule has 2 rings (SSSR count). The molecule has 1 aromatic rings. The van der Waals surface area contributed by atoms with Crippen molar-refractivity contribution in [3.05, 3.63) is 11.8 Å². The first-order chi connectivity index (χ1) is 7.06. The predicted molar refractivity (Wildman–Crippen MR) is 53.2 cm³/mol. The molecule has 1 aromatic heterocycles. The number of carbonyl (C=O) groups is 2. The fraction of sp³-hybridized carbons (Fsp3) is 0.333. The summed E-state index contributed by atoms with van der Waals surface area (Å²) in [7, 11) is 0. The smallest absolute Gasteiger partial charge is 0.237 e. The number of Topliss-reactive ketones (excluding diaryl/α,β-unsaturated/α-hetero) is 1. The lowest BCUT2D eigenvalue weighted by Gasteiger charge is -2.12. The number of carbonyl (C=O) groups excluding carboxylic acids is 2. The molecule has 1 fully saturated rings. The van der Waals surface area contributed by atoms with E-state index in [9.17, 15) is 9.59 Å². The summed E-state index contributed by atoms with van der Waals surface area (Å²) in [4.78, 5) is 31.7. The average Bonchev–Trinajstić information content (AvgIpc) is 2.43. The second-order valence-corrected chi connectivity index (χ2v) is 3.43. The fourth-order valence-electron chi connectivity index (χ4n) is 1.46. The number of hydrogen-bond donors (Lipinski definition) is 1. The zero-order valence-corrected chi connectivity index (χ0v) is 8.23. The highest BCUT2D eigenvalue weighted by Gasteiger charge is 2.30. The number of amides is 1. The molecular weight excluding hydrogens is 196 g/mol. The summed E-state index contributed by atoms with van der Waals surface area (Å²) in [6, 6.07) is 1.60. The Morgan fingerprint density at radius 3 is 2.67 bits per heavy atom. The Bertz CT molecular complexity index is 423. The van der Waals surface area contributed by atoms with Gasteiger partial charge in [-0.15, -0.1) is 0 Å². The molecule has 1 saturated heterocycles. The van der Waals surface area contributed by atoms with Gasteiger partial charge in [-0.1, -0.05) is 0 Å². The lowest BCUT2D eigenvalue weighted by atomic mass is 10.3. The van der Waals surface area contributed by atoms with E-state index in [4.69, 9.17) is 5.73 Å². The number of anilines is 2. The molecule has 0 saturated carbocycles. The Hall–Kier alpha value is -1.98. The summed E-state index contributed by atoms with van der Waals surface area (Å²) in [5.74, 6) is 0.113. The lowest BCUT2D eigenvalue weighted by Crippen LogP contribution is -2.27.